The molecule has 1 N–H and O–H groups in total. The maximum Gasteiger partial charge on any atom is 0.0685 e. The topological polar surface area (TPSA) is 21.3 Å². The van der Waals surface area contributed by atoms with Crippen molar-refractivity contribution >= 4 is 0 Å². The lowest BCUT2D eigenvalue weighted by molar-refractivity contribution is -0.142. The first-order valence-electron chi connectivity index (χ1n) is 6.19. The summed E-state index contributed by atoms with van der Waals surface area (Å²) in [6, 6.07) is 0. The summed E-state index contributed by atoms with van der Waals surface area (Å²) in [4.78, 5) is 0. The summed E-state index contributed by atoms with van der Waals surface area (Å²) in [6.45, 7) is 5.60. The fourth-order valence-corrected chi connectivity index (χ4v) is 2.71. The summed E-state index contributed by atoms with van der Waals surface area (Å²) >= 11 is 0. The molecule has 2 nitrogen and oxygen atoms in total. The molecule has 0 aromatic heterocycles. The first-order valence-corrected chi connectivity index (χ1v) is 6.19. The van der Waals surface area contributed by atoms with Gasteiger partial charge in [0.1, 0.15) is 0 Å². The normalized spacial score (nSPS) is 30.2. The van der Waals surface area contributed by atoms with E-state index in [9.17, 15) is 0 Å². The predicted octanol–water partition coefficient (Wildman–Crippen LogP) is 2.34. The molecule has 1 aliphatic carbocycles. The Balaban J connectivity index is 1.71. The average Bonchev–Trinajstić information content (AvgIpc) is 2.17. The molecule has 1 aliphatic heterocycles. The van der Waals surface area contributed by atoms with Crippen molar-refractivity contribution < 1.29 is 4.74 Å². The van der Waals surface area contributed by atoms with E-state index in [2.05, 4.69) is 12.2 Å². The summed E-state index contributed by atoms with van der Waals surface area (Å²) in [5.74, 6) is 0.871. The Morgan fingerprint density at radius 3 is 2.93 bits per heavy atom. The highest BCUT2D eigenvalue weighted by Crippen LogP contribution is 2.43. The minimum atomic E-state index is 0.330. The minimum absolute atomic E-state index is 0.330. The molecule has 1 saturated heterocycles. The van der Waals surface area contributed by atoms with Crippen LogP contribution in [-0.2, 0) is 4.74 Å². The second-order valence-corrected chi connectivity index (χ2v) is 4.95. The Morgan fingerprint density at radius 2 is 2.29 bits per heavy atom. The third-order valence-corrected chi connectivity index (χ3v) is 3.72. The van der Waals surface area contributed by atoms with Gasteiger partial charge in [-0.05, 0) is 57.5 Å². The SMILES string of the molecule is CCCNCC1CCOC2(CCC2)C1. The van der Waals surface area contributed by atoms with Crippen LogP contribution in [0.5, 0.6) is 0 Å². The van der Waals surface area contributed by atoms with Gasteiger partial charge in [-0.25, -0.2) is 0 Å². The average molecular weight is 197 g/mol. The smallest absolute Gasteiger partial charge is 0.0685 e. The van der Waals surface area contributed by atoms with Crippen LogP contribution in [0.3, 0.4) is 0 Å². The maximum atomic E-state index is 5.91. The van der Waals surface area contributed by atoms with E-state index in [4.69, 9.17) is 4.74 Å². The van der Waals surface area contributed by atoms with Gasteiger partial charge in [0.15, 0.2) is 0 Å². The van der Waals surface area contributed by atoms with Gasteiger partial charge in [0.05, 0.1) is 5.60 Å². The van der Waals surface area contributed by atoms with E-state index in [1.54, 1.807) is 0 Å². The summed E-state index contributed by atoms with van der Waals surface area (Å²) in [6.07, 6.45) is 7.83. The van der Waals surface area contributed by atoms with Crippen LogP contribution in [0, 0.1) is 5.92 Å². The quantitative estimate of drug-likeness (QED) is 0.698. The molecule has 1 saturated carbocycles. The van der Waals surface area contributed by atoms with E-state index in [-0.39, 0.29) is 0 Å². The Morgan fingerprint density at radius 1 is 1.43 bits per heavy atom. The zero-order chi connectivity index (χ0) is 9.86. The minimum Gasteiger partial charge on any atom is -0.375 e. The molecule has 0 aromatic rings. The lowest BCUT2D eigenvalue weighted by Gasteiger charge is -2.47. The first-order chi connectivity index (χ1) is 6.85. The maximum absolute atomic E-state index is 5.91. The molecule has 14 heavy (non-hydrogen) atoms. The third kappa shape index (κ3) is 2.29. The Hall–Kier alpha value is -0.0800. The molecule has 2 fully saturated rings. The highest BCUT2D eigenvalue weighted by molar-refractivity contribution is 4.94. The van der Waals surface area contributed by atoms with E-state index < -0.39 is 0 Å². The number of hydrogen-bond donors (Lipinski definition) is 1. The van der Waals surface area contributed by atoms with Crippen LogP contribution < -0.4 is 5.32 Å². The van der Waals surface area contributed by atoms with Crippen LogP contribution in [0.1, 0.15) is 45.4 Å². The monoisotopic (exact) mass is 197 g/mol. The van der Waals surface area contributed by atoms with Crippen LogP contribution in [-0.4, -0.2) is 25.3 Å². The van der Waals surface area contributed by atoms with Gasteiger partial charge in [-0.2, -0.15) is 0 Å². The van der Waals surface area contributed by atoms with Gasteiger partial charge in [0, 0.05) is 6.61 Å². The van der Waals surface area contributed by atoms with E-state index in [1.807, 2.05) is 0 Å². The van der Waals surface area contributed by atoms with Gasteiger partial charge in [-0.1, -0.05) is 6.92 Å². The van der Waals surface area contributed by atoms with Gasteiger partial charge in [-0.3, -0.25) is 0 Å². The van der Waals surface area contributed by atoms with E-state index in [0.717, 1.165) is 12.5 Å². The number of nitrogens with one attached hydrogen (secondary N) is 1. The molecule has 2 rings (SSSR count). The van der Waals surface area contributed by atoms with Crippen molar-refractivity contribution in [3.05, 3.63) is 0 Å². The molecule has 0 bridgehead atoms. The van der Waals surface area contributed by atoms with Gasteiger partial charge in [-0.15, -0.1) is 0 Å². The molecule has 1 unspecified atom stereocenters. The van der Waals surface area contributed by atoms with Gasteiger partial charge < -0.3 is 10.1 Å². The molecule has 0 amide bonds. The second-order valence-electron chi connectivity index (χ2n) is 4.95. The highest BCUT2D eigenvalue weighted by Gasteiger charge is 2.42. The molecular weight excluding hydrogens is 174 g/mol. The number of rotatable bonds is 4. The molecular formula is C12H23NO. The fraction of sp³-hybridized carbons (Fsp3) is 1.00. The Labute approximate surface area is 87.4 Å². The van der Waals surface area contributed by atoms with Gasteiger partial charge in [0.2, 0.25) is 0 Å². The van der Waals surface area contributed by atoms with Crippen molar-refractivity contribution in [2.45, 2.75) is 51.0 Å². The van der Waals surface area contributed by atoms with E-state index >= 15 is 0 Å². The second kappa shape index (κ2) is 4.63. The van der Waals surface area contributed by atoms with Crippen molar-refractivity contribution in [1.29, 1.82) is 0 Å². The Kier molecular flexibility index (Phi) is 3.45. The molecule has 82 valence electrons. The van der Waals surface area contributed by atoms with Crippen LogP contribution in [0.15, 0.2) is 0 Å². The van der Waals surface area contributed by atoms with Crippen molar-refractivity contribution in [3.8, 4) is 0 Å². The van der Waals surface area contributed by atoms with Gasteiger partial charge in [0.25, 0.3) is 0 Å². The zero-order valence-electron chi connectivity index (χ0n) is 9.35. The lowest BCUT2D eigenvalue weighted by atomic mass is 9.72. The molecule has 2 aliphatic rings. The number of hydrogen-bond acceptors (Lipinski definition) is 2. The largest absolute Gasteiger partial charge is 0.375 e. The van der Waals surface area contributed by atoms with Crippen molar-refractivity contribution in [3.63, 3.8) is 0 Å². The third-order valence-electron chi connectivity index (χ3n) is 3.72. The molecule has 1 heterocycles. The molecule has 2 heteroatoms. The Bertz CT molecular complexity index is 177. The van der Waals surface area contributed by atoms with Crippen molar-refractivity contribution in [2.75, 3.05) is 19.7 Å². The summed E-state index contributed by atoms with van der Waals surface area (Å²) in [7, 11) is 0. The van der Waals surface area contributed by atoms with Crippen molar-refractivity contribution in [2.24, 2.45) is 5.92 Å². The summed E-state index contributed by atoms with van der Waals surface area (Å²) in [5.41, 5.74) is 0.330. The fourth-order valence-electron chi connectivity index (χ4n) is 2.71. The standard InChI is InChI=1S/C12H23NO/c1-2-7-13-10-11-4-8-14-12(9-11)5-3-6-12/h11,13H,2-10H2,1H3. The van der Waals surface area contributed by atoms with Crippen LogP contribution in [0.4, 0.5) is 0 Å². The molecule has 1 atom stereocenters. The van der Waals surface area contributed by atoms with Crippen LogP contribution in [0.25, 0.3) is 0 Å². The van der Waals surface area contributed by atoms with E-state index in [1.165, 1.54) is 51.6 Å². The van der Waals surface area contributed by atoms with E-state index in [0.29, 0.717) is 5.60 Å². The molecule has 0 radical (unpaired) electrons. The van der Waals surface area contributed by atoms with Crippen LogP contribution in [0.2, 0.25) is 0 Å². The van der Waals surface area contributed by atoms with Crippen molar-refractivity contribution in [1.82, 2.24) is 5.32 Å². The molecule has 0 aromatic carbocycles. The lowest BCUT2D eigenvalue weighted by Crippen LogP contribution is -2.47. The molecule has 1 spiro atoms. The predicted molar refractivity (Wildman–Crippen MR) is 58.4 cm³/mol. The summed E-state index contributed by atoms with van der Waals surface area (Å²) < 4.78 is 5.91. The van der Waals surface area contributed by atoms with Crippen LogP contribution >= 0.6 is 0 Å². The summed E-state index contributed by atoms with van der Waals surface area (Å²) in [5, 5.41) is 3.54. The van der Waals surface area contributed by atoms with Gasteiger partial charge >= 0.3 is 0 Å². The number of ether oxygens (including phenoxy) is 1. The zero-order valence-corrected chi connectivity index (χ0v) is 9.35. The first kappa shape index (κ1) is 10.4. The highest BCUT2D eigenvalue weighted by atomic mass is 16.5.